The molecule has 0 spiro atoms. The van der Waals surface area contributed by atoms with Gasteiger partial charge in [0, 0.05) is 55.8 Å². The van der Waals surface area contributed by atoms with Crippen molar-refractivity contribution in [3.8, 4) is 28.7 Å². The molecule has 0 aliphatic rings. The molecule has 0 aliphatic carbocycles. The third-order valence-electron chi connectivity index (χ3n) is 8.58. The van der Waals surface area contributed by atoms with E-state index in [-0.39, 0.29) is 0 Å². The van der Waals surface area contributed by atoms with E-state index in [1.807, 2.05) is 72.9 Å². The number of benzene rings is 5. The number of aromatic nitrogens is 5. The molecule has 0 aliphatic heterocycles. The van der Waals surface area contributed by atoms with Crippen molar-refractivity contribution in [1.29, 1.82) is 0 Å². The van der Waals surface area contributed by atoms with Crippen molar-refractivity contribution in [3.05, 3.63) is 128 Å². The van der Waals surface area contributed by atoms with Crippen molar-refractivity contribution in [2.24, 2.45) is 0 Å². The third-order valence-corrected chi connectivity index (χ3v) is 8.58. The largest absolute Gasteiger partial charge is 0.456 e. The first-order valence-corrected chi connectivity index (χ1v) is 14.7. The van der Waals surface area contributed by atoms with Crippen molar-refractivity contribution in [2.75, 3.05) is 0 Å². The van der Waals surface area contributed by atoms with Crippen LogP contribution >= 0.6 is 0 Å². The van der Waals surface area contributed by atoms with E-state index < -0.39 is 0 Å². The molecular formula is C38H21N5O2. The Morgan fingerprint density at radius 3 is 1.64 bits per heavy atom. The molecule has 0 atom stereocenters. The lowest BCUT2D eigenvalue weighted by molar-refractivity contribution is 0.668. The average Bonchev–Trinajstić information content (AvgIpc) is 3.77. The predicted octanol–water partition coefficient (Wildman–Crippen LogP) is 9.50. The van der Waals surface area contributed by atoms with Crippen molar-refractivity contribution >= 4 is 65.7 Å². The zero-order valence-corrected chi connectivity index (χ0v) is 23.7. The summed E-state index contributed by atoms with van der Waals surface area (Å²) in [7, 11) is 0. The summed E-state index contributed by atoms with van der Waals surface area (Å²) >= 11 is 0. The number of para-hydroxylation sites is 3. The Balaban J connectivity index is 1.34. The smallest absolute Gasteiger partial charge is 0.238 e. The van der Waals surface area contributed by atoms with Gasteiger partial charge in [-0.1, -0.05) is 78.9 Å². The van der Waals surface area contributed by atoms with Gasteiger partial charge in [-0.2, -0.15) is 9.97 Å². The highest BCUT2D eigenvalue weighted by atomic mass is 16.3. The molecule has 7 heteroatoms. The van der Waals surface area contributed by atoms with Gasteiger partial charge >= 0.3 is 0 Å². The zero-order valence-electron chi connectivity index (χ0n) is 23.7. The maximum Gasteiger partial charge on any atom is 0.238 e. The van der Waals surface area contributed by atoms with E-state index in [1.165, 1.54) is 0 Å². The molecule has 7 nitrogen and oxygen atoms in total. The molecule has 0 saturated heterocycles. The van der Waals surface area contributed by atoms with Gasteiger partial charge in [-0.05, 0) is 36.4 Å². The van der Waals surface area contributed by atoms with Crippen LogP contribution in [0.5, 0.6) is 0 Å². The molecule has 0 radical (unpaired) electrons. The van der Waals surface area contributed by atoms with Gasteiger partial charge in [-0.15, -0.1) is 0 Å². The molecule has 10 aromatic rings. The molecule has 0 amide bonds. The van der Waals surface area contributed by atoms with Gasteiger partial charge in [0.25, 0.3) is 0 Å². The number of nitrogens with zero attached hydrogens (tertiary/aromatic N) is 5. The summed E-state index contributed by atoms with van der Waals surface area (Å²) in [6, 6.07) is 38.7. The summed E-state index contributed by atoms with van der Waals surface area (Å²) in [5, 5.41) is 6.07. The summed E-state index contributed by atoms with van der Waals surface area (Å²) in [5.74, 6) is 1.62. The molecule has 10 rings (SSSR count). The Kier molecular flexibility index (Phi) is 4.87. The van der Waals surface area contributed by atoms with Gasteiger partial charge in [-0.3, -0.25) is 9.55 Å². The number of furan rings is 2. The van der Waals surface area contributed by atoms with Gasteiger partial charge in [0.15, 0.2) is 11.6 Å². The second-order valence-corrected chi connectivity index (χ2v) is 11.1. The van der Waals surface area contributed by atoms with E-state index in [0.29, 0.717) is 17.6 Å². The molecule has 210 valence electrons. The summed E-state index contributed by atoms with van der Waals surface area (Å²) < 4.78 is 14.6. The van der Waals surface area contributed by atoms with Crippen molar-refractivity contribution in [3.63, 3.8) is 0 Å². The molecule has 0 bridgehead atoms. The van der Waals surface area contributed by atoms with E-state index in [0.717, 1.165) is 76.8 Å². The second kappa shape index (κ2) is 9.08. The Morgan fingerprint density at radius 2 is 0.978 bits per heavy atom. The van der Waals surface area contributed by atoms with Gasteiger partial charge in [-0.25, -0.2) is 4.98 Å². The van der Waals surface area contributed by atoms with Crippen LogP contribution in [0.4, 0.5) is 0 Å². The first-order valence-electron chi connectivity index (χ1n) is 14.7. The summed E-state index contributed by atoms with van der Waals surface area (Å²) in [4.78, 5) is 20.0. The van der Waals surface area contributed by atoms with E-state index >= 15 is 0 Å². The number of fused-ring (bicyclic) bond motifs is 9. The normalized spacial score (nSPS) is 12.0. The molecule has 0 unspecified atom stereocenters. The second-order valence-electron chi connectivity index (χ2n) is 11.1. The average molecular weight is 580 g/mol. The van der Waals surface area contributed by atoms with Gasteiger partial charge in [0.2, 0.25) is 5.95 Å². The lowest BCUT2D eigenvalue weighted by Crippen LogP contribution is -2.06. The fraction of sp³-hybridized carbons (Fsp3) is 0. The molecule has 5 aromatic carbocycles. The molecular weight excluding hydrogens is 558 g/mol. The van der Waals surface area contributed by atoms with Crippen LogP contribution in [0.2, 0.25) is 0 Å². The first kappa shape index (κ1) is 24.1. The standard InChI is InChI=1S/C38H21N5O2/c1-4-14-28-22(9-1)23-10-2-5-15-29(23)43(28)38-41-36(25-12-7-17-32-34(25)24-11-3-6-16-30(24)44-32)40-37(42-38)26-13-8-18-33-35(26)27-21-39-20-19-31(27)45-33/h1-21H. The maximum absolute atomic E-state index is 6.25. The van der Waals surface area contributed by atoms with Crippen LogP contribution < -0.4 is 0 Å². The summed E-state index contributed by atoms with van der Waals surface area (Å²) in [5.41, 5.74) is 6.86. The minimum Gasteiger partial charge on any atom is -0.456 e. The van der Waals surface area contributed by atoms with E-state index in [9.17, 15) is 0 Å². The number of pyridine rings is 1. The lowest BCUT2D eigenvalue weighted by atomic mass is 10.0. The van der Waals surface area contributed by atoms with E-state index in [1.54, 1.807) is 6.20 Å². The Bertz CT molecular complexity index is 2600. The SMILES string of the molecule is c1ccc2c(c1)oc1cccc(-c3nc(-c4cccc5oc6ccncc6c45)nc(-n4c5ccccc5c5ccccc54)n3)c12. The van der Waals surface area contributed by atoms with Crippen LogP contribution in [-0.4, -0.2) is 24.5 Å². The maximum atomic E-state index is 6.25. The monoisotopic (exact) mass is 579 g/mol. The van der Waals surface area contributed by atoms with E-state index in [2.05, 4.69) is 58.1 Å². The minimum absolute atomic E-state index is 0.528. The highest BCUT2D eigenvalue weighted by Gasteiger charge is 2.22. The number of rotatable bonds is 3. The highest BCUT2D eigenvalue weighted by molar-refractivity contribution is 6.13. The topological polar surface area (TPSA) is 82.8 Å². The molecule has 0 N–H and O–H groups in total. The highest BCUT2D eigenvalue weighted by Crippen LogP contribution is 2.39. The van der Waals surface area contributed by atoms with Crippen LogP contribution in [0.3, 0.4) is 0 Å². The molecule has 5 aromatic heterocycles. The summed E-state index contributed by atoms with van der Waals surface area (Å²) in [6.45, 7) is 0. The Hall–Kier alpha value is -6.34. The van der Waals surface area contributed by atoms with E-state index in [4.69, 9.17) is 23.8 Å². The number of hydrogen-bond donors (Lipinski definition) is 0. The van der Waals surface area contributed by atoms with Crippen LogP contribution in [0.15, 0.2) is 136 Å². The van der Waals surface area contributed by atoms with Crippen LogP contribution in [0.1, 0.15) is 0 Å². The van der Waals surface area contributed by atoms with Gasteiger partial charge in [0.05, 0.1) is 11.0 Å². The van der Waals surface area contributed by atoms with Crippen molar-refractivity contribution in [1.82, 2.24) is 24.5 Å². The quantitative estimate of drug-likeness (QED) is 0.207. The van der Waals surface area contributed by atoms with Gasteiger partial charge < -0.3 is 8.83 Å². The van der Waals surface area contributed by atoms with Gasteiger partial charge in [0.1, 0.15) is 22.3 Å². The fourth-order valence-electron chi connectivity index (χ4n) is 6.66. The van der Waals surface area contributed by atoms with Crippen LogP contribution in [0.25, 0.3) is 94.4 Å². The molecule has 5 heterocycles. The predicted molar refractivity (Wildman–Crippen MR) is 177 cm³/mol. The molecule has 0 fully saturated rings. The van der Waals surface area contributed by atoms with Crippen molar-refractivity contribution < 1.29 is 8.83 Å². The third kappa shape index (κ3) is 3.46. The lowest BCUT2D eigenvalue weighted by Gasteiger charge is -2.12. The van der Waals surface area contributed by atoms with Crippen molar-refractivity contribution in [2.45, 2.75) is 0 Å². The Labute approximate surface area is 255 Å². The molecule has 0 saturated carbocycles. The minimum atomic E-state index is 0.528. The first-order chi connectivity index (χ1) is 22.3. The Morgan fingerprint density at radius 1 is 0.444 bits per heavy atom. The molecule has 45 heavy (non-hydrogen) atoms. The van der Waals surface area contributed by atoms with Crippen LogP contribution in [-0.2, 0) is 0 Å². The zero-order chi connectivity index (χ0) is 29.5. The van der Waals surface area contributed by atoms with Crippen LogP contribution in [0, 0.1) is 0 Å². The fourth-order valence-corrected chi connectivity index (χ4v) is 6.66. The number of hydrogen-bond acceptors (Lipinski definition) is 6. The summed E-state index contributed by atoms with van der Waals surface area (Å²) in [6.07, 6.45) is 3.57.